The van der Waals surface area contributed by atoms with Crippen LogP contribution in [0.5, 0.6) is 17.2 Å². The van der Waals surface area contributed by atoms with E-state index in [-0.39, 0.29) is 25.9 Å². The number of fused-ring (bicyclic) bond motifs is 1. The Morgan fingerprint density at radius 3 is 2.93 bits per heavy atom. The first-order valence-electron chi connectivity index (χ1n) is 9.08. The number of para-hydroxylation sites is 1. The summed E-state index contributed by atoms with van der Waals surface area (Å²) in [6.07, 6.45) is 0. The van der Waals surface area contributed by atoms with E-state index in [4.69, 9.17) is 14.2 Å². The van der Waals surface area contributed by atoms with E-state index in [9.17, 15) is 4.79 Å². The average Bonchev–Trinajstić information content (AvgIpc) is 3.40. The molecule has 0 atom stereocenters. The number of H-pyrrole nitrogens is 1. The van der Waals surface area contributed by atoms with Gasteiger partial charge >= 0.3 is 0 Å². The molecule has 0 unspecified atom stereocenters. The van der Waals surface area contributed by atoms with Gasteiger partial charge in [0.25, 0.3) is 5.91 Å². The van der Waals surface area contributed by atoms with Gasteiger partial charge in [0, 0.05) is 5.56 Å². The molecule has 146 valence electrons. The lowest BCUT2D eigenvalue weighted by atomic mass is 10.1. The van der Waals surface area contributed by atoms with E-state index < -0.39 is 0 Å². The Labute approximate surface area is 168 Å². The first-order chi connectivity index (χ1) is 14.2. The molecule has 4 rings (SSSR count). The highest BCUT2D eigenvalue weighted by molar-refractivity contribution is 5.93. The van der Waals surface area contributed by atoms with Gasteiger partial charge < -0.3 is 19.5 Å². The van der Waals surface area contributed by atoms with Crippen LogP contribution in [-0.4, -0.2) is 36.0 Å². The lowest BCUT2D eigenvalue weighted by Crippen LogP contribution is -2.24. The molecule has 1 amide bonds. The van der Waals surface area contributed by atoms with Crippen molar-refractivity contribution in [1.29, 1.82) is 0 Å². The molecule has 0 spiro atoms. The molecule has 2 aromatic carbocycles. The Balaban J connectivity index is 1.28. The van der Waals surface area contributed by atoms with Gasteiger partial charge in [-0.25, -0.2) is 0 Å². The molecule has 2 N–H and O–H groups in total. The first-order valence-corrected chi connectivity index (χ1v) is 9.08. The highest BCUT2D eigenvalue weighted by atomic mass is 16.7. The van der Waals surface area contributed by atoms with E-state index in [2.05, 4.69) is 27.4 Å². The van der Waals surface area contributed by atoms with E-state index in [1.165, 1.54) is 0 Å². The molecule has 0 saturated heterocycles. The van der Waals surface area contributed by atoms with Gasteiger partial charge in [0.15, 0.2) is 11.5 Å². The zero-order chi connectivity index (χ0) is 20.1. The Morgan fingerprint density at radius 2 is 2.03 bits per heavy atom. The molecule has 1 aliphatic rings. The van der Waals surface area contributed by atoms with Crippen LogP contribution in [0.4, 0.5) is 0 Å². The van der Waals surface area contributed by atoms with Crippen molar-refractivity contribution in [2.45, 2.75) is 6.92 Å². The maximum Gasteiger partial charge on any atom is 0.270 e. The minimum atomic E-state index is -0.279. The van der Waals surface area contributed by atoms with Crippen molar-refractivity contribution in [2.75, 3.05) is 19.9 Å². The lowest BCUT2D eigenvalue weighted by molar-refractivity contribution is 0.0953. The number of aromatic amines is 1. The summed E-state index contributed by atoms with van der Waals surface area (Å²) >= 11 is 0. The summed E-state index contributed by atoms with van der Waals surface area (Å²) < 4.78 is 16.3. The van der Waals surface area contributed by atoms with E-state index in [0.717, 1.165) is 16.9 Å². The minimum absolute atomic E-state index is 0.212. The fourth-order valence-electron chi connectivity index (χ4n) is 2.81. The van der Waals surface area contributed by atoms with Gasteiger partial charge in [0.05, 0.1) is 12.2 Å². The zero-order valence-electron chi connectivity index (χ0n) is 15.8. The van der Waals surface area contributed by atoms with E-state index >= 15 is 0 Å². The average molecular weight is 389 g/mol. The van der Waals surface area contributed by atoms with Gasteiger partial charge in [-0.1, -0.05) is 30.0 Å². The van der Waals surface area contributed by atoms with Gasteiger partial charge in [-0.15, -0.1) is 0 Å². The fraction of sp³-hybridized carbons (Fsp3) is 0.182. The molecule has 0 fully saturated rings. The molecule has 0 bridgehead atoms. The number of carbonyl (C=O) groups excluding carboxylic acids is 1. The number of hydrogen-bond acceptors (Lipinski definition) is 5. The van der Waals surface area contributed by atoms with Crippen LogP contribution in [-0.2, 0) is 0 Å². The number of rotatable bonds is 5. The maximum atomic E-state index is 12.2. The Hall–Kier alpha value is -3.92. The van der Waals surface area contributed by atoms with Gasteiger partial charge in [0.1, 0.15) is 18.1 Å². The minimum Gasteiger partial charge on any atom is -0.481 e. The third kappa shape index (κ3) is 4.33. The third-order valence-corrected chi connectivity index (χ3v) is 4.35. The number of amides is 1. The van der Waals surface area contributed by atoms with Gasteiger partial charge in [-0.2, -0.15) is 5.10 Å². The standard InChI is InChI=1S/C22H19N3O4/c1-15-6-2-3-7-19(15)27-11-5-4-10-23-22(26)18-13-17(24-25-18)16-8-9-20-21(12-16)29-14-28-20/h2-3,6-9,12-13H,10-11,14H2,1H3,(H,23,26)(H,24,25). The Kier molecular flexibility index (Phi) is 5.34. The summed E-state index contributed by atoms with van der Waals surface area (Å²) in [5, 5.41) is 9.67. The molecule has 7 nitrogen and oxygen atoms in total. The highest BCUT2D eigenvalue weighted by Gasteiger charge is 2.16. The molecular formula is C22H19N3O4. The quantitative estimate of drug-likeness (QED) is 0.656. The lowest BCUT2D eigenvalue weighted by Gasteiger charge is -2.04. The van der Waals surface area contributed by atoms with Crippen molar-refractivity contribution < 1.29 is 19.0 Å². The summed E-state index contributed by atoms with van der Waals surface area (Å²) in [6, 6.07) is 14.9. The van der Waals surface area contributed by atoms with Crippen LogP contribution in [0, 0.1) is 18.8 Å². The van der Waals surface area contributed by atoms with Gasteiger partial charge in [-0.05, 0) is 42.8 Å². The smallest absolute Gasteiger partial charge is 0.270 e. The van der Waals surface area contributed by atoms with Crippen molar-refractivity contribution >= 4 is 5.91 Å². The van der Waals surface area contributed by atoms with Crippen LogP contribution in [0.25, 0.3) is 11.3 Å². The zero-order valence-corrected chi connectivity index (χ0v) is 15.8. The van der Waals surface area contributed by atoms with Gasteiger partial charge in [0.2, 0.25) is 6.79 Å². The van der Waals surface area contributed by atoms with Crippen molar-refractivity contribution in [1.82, 2.24) is 15.5 Å². The number of nitrogens with one attached hydrogen (secondary N) is 2. The number of nitrogens with zero attached hydrogens (tertiary/aromatic N) is 1. The number of carbonyl (C=O) groups is 1. The Morgan fingerprint density at radius 1 is 1.17 bits per heavy atom. The molecule has 1 aliphatic heterocycles. The number of aromatic nitrogens is 2. The largest absolute Gasteiger partial charge is 0.481 e. The molecule has 3 aromatic rings. The van der Waals surface area contributed by atoms with Crippen LogP contribution in [0.3, 0.4) is 0 Å². The summed E-state index contributed by atoms with van der Waals surface area (Å²) in [5.41, 5.74) is 2.89. The maximum absolute atomic E-state index is 12.2. The van der Waals surface area contributed by atoms with E-state index in [0.29, 0.717) is 22.9 Å². The summed E-state index contributed by atoms with van der Waals surface area (Å²) in [6.45, 7) is 2.67. The predicted molar refractivity (Wildman–Crippen MR) is 107 cm³/mol. The normalized spacial score (nSPS) is 11.5. The monoisotopic (exact) mass is 389 g/mol. The van der Waals surface area contributed by atoms with Crippen LogP contribution < -0.4 is 19.5 Å². The van der Waals surface area contributed by atoms with Crippen molar-refractivity contribution in [3.63, 3.8) is 0 Å². The van der Waals surface area contributed by atoms with Crippen LogP contribution in [0.1, 0.15) is 16.1 Å². The highest BCUT2D eigenvalue weighted by Crippen LogP contribution is 2.35. The van der Waals surface area contributed by atoms with Gasteiger partial charge in [-0.3, -0.25) is 9.89 Å². The second-order valence-corrected chi connectivity index (χ2v) is 6.33. The van der Waals surface area contributed by atoms with Crippen molar-refractivity contribution in [3.05, 3.63) is 59.8 Å². The van der Waals surface area contributed by atoms with Crippen molar-refractivity contribution in [2.24, 2.45) is 0 Å². The second kappa shape index (κ2) is 8.40. The number of ether oxygens (including phenoxy) is 3. The van der Waals surface area contributed by atoms with Crippen molar-refractivity contribution in [3.8, 4) is 40.3 Å². The summed E-state index contributed by atoms with van der Waals surface area (Å²) in [7, 11) is 0. The molecule has 7 heteroatoms. The molecular weight excluding hydrogens is 370 g/mol. The molecule has 0 aliphatic carbocycles. The second-order valence-electron chi connectivity index (χ2n) is 6.33. The third-order valence-electron chi connectivity index (χ3n) is 4.35. The van der Waals surface area contributed by atoms with Crippen LogP contribution in [0.15, 0.2) is 48.5 Å². The fourth-order valence-corrected chi connectivity index (χ4v) is 2.81. The molecule has 0 radical (unpaired) electrons. The number of aryl methyl sites for hydroxylation is 1. The molecule has 1 aromatic heterocycles. The molecule has 29 heavy (non-hydrogen) atoms. The summed E-state index contributed by atoms with van der Waals surface area (Å²) in [4.78, 5) is 12.2. The molecule has 2 heterocycles. The predicted octanol–water partition coefficient (Wildman–Crippen LogP) is 2.93. The van der Waals surface area contributed by atoms with Crippen LogP contribution >= 0.6 is 0 Å². The summed E-state index contributed by atoms with van der Waals surface area (Å²) in [5.74, 6) is 7.65. The number of benzene rings is 2. The molecule has 0 saturated carbocycles. The van der Waals surface area contributed by atoms with E-state index in [1.54, 1.807) is 6.07 Å². The van der Waals surface area contributed by atoms with Crippen LogP contribution in [0.2, 0.25) is 0 Å². The SMILES string of the molecule is Cc1ccccc1OCC#CCNC(=O)c1cc(-c2ccc3c(c2)OCO3)n[nH]1. The van der Waals surface area contributed by atoms with E-state index in [1.807, 2.05) is 49.4 Å². The Bertz CT molecular complexity index is 1090. The number of hydrogen-bond donors (Lipinski definition) is 2. The topological polar surface area (TPSA) is 85.5 Å². The first kappa shape index (κ1) is 18.4.